The number of rotatable bonds is 3. The average Bonchev–Trinajstić information content (AvgIpc) is 2.53. The van der Waals surface area contributed by atoms with E-state index in [2.05, 4.69) is 9.59 Å². The smallest absolute Gasteiger partial charge is 0.0756 e. The van der Waals surface area contributed by atoms with Gasteiger partial charge in [0, 0.05) is 10.9 Å². The predicted molar refractivity (Wildman–Crippen MR) is 44.4 cm³/mol. The second-order valence-corrected chi connectivity index (χ2v) is 3.87. The third-order valence-corrected chi connectivity index (χ3v) is 2.73. The van der Waals surface area contributed by atoms with Crippen LogP contribution in [-0.2, 0) is 6.42 Å². The van der Waals surface area contributed by atoms with Crippen LogP contribution in [0.1, 0.15) is 25.0 Å². The van der Waals surface area contributed by atoms with E-state index in [1.54, 1.807) is 0 Å². The summed E-state index contributed by atoms with van der Waals surface area (Å²) in [4.78, 5) is 0. The summed E-state index contributed by atoms with van der Waals surface area (Å²) in [5.41, 5.74) is 7.16. The fraction of sp³-hybridized carbons (Fsp3) is 0.714. The van der Waals surface area contributed by atoms with Crippen molar-refractivity contribution in [3.8, 4) is 0 Å². The van der Waals surface area contributed by atoms with E-state index in [-0.39, 0.29) is 5.54 Å². The van der Waals surface area contributed by atoms with Gasteiger partial charge in [0.25, 0.3) is 0 Å². The van der Waals surface area contributed by atoms with Crippen molar-refractivity contribution in [1.82, 2.24) is 9.59 Å². The van der Waals surface area contributed by atoms with Crippen LogP contribution in [0, 0.1) is 0 Å². The van der Waals surface area contributed by atoms with Crippen molar-refractivity contribution in [2.24, 2.45) is 5.73 Å². The normalized spacial score (nSPS) is 20.1. The zero-order chi connectivity index (χ0) is 7.73. The third kappa shape index (κ3) is 1.75. The number of nitrogens with two attached hydrogens (primary N) is 1. The Balaban J connectivity index is 1.83. The average molecular weight is 169 g/mol. The van der Waals surface area contributed by atoms with E-state index in [0.29, 0.717) is 0 Å². The molecule has 1 aliphatic rings. The van der Waals surface area contributed by atoms with E-state index in [9.17, 15) is 0 Å². The molecule has 1 saturated carbocycles. The molecule has 1 heterocycles. The standard InChI is InChI=1S/C7H11N3S/c8-7(3-4-7)2-1-6-5-11-10-9-6/h5H,1-4,8H2. The number of aromatic nitrogens is 2. The molecule has 0 atom stereocenters. The molecule has 11 heavy (non-hydrogen) atoms. The highest BCUT2D eigenvalue weighted by atomic mass is 32.1. The van der Waals surface area contributed by atoms with Crippen molar-refractivity contribution in [2.45, 2.75) is 31.2 Å². The molecule has 0 bridgehead atoms. The minimum Gasteiger partial charge on any atom is -0.325 e. The van der Waals surface area contributed by atoms with Crippen LogP contribution in [0.25, 0.3) is 0 Å². The van der Waals surface area contributed by atoms with Gasteiger partial charge in [0.2, 0.25) is 0 Å². The Bertz CT molecular complexity index is 228. The molecule has 0 aliphatic heterocycles. The first-order valence-electron chi connectivity index (χ1n) is 3.83. The topological polar surface area (TPSA) is 51.8 Å². The molecule has 1 aliphatic carbocycles. The first-order chi connectivity index (χ1) is 5.29. The molecule has 0 aromatic carbocycles. The zero-order valence-corrected chi connectivity index (χ0v) is 7.10. The SMILES string of the molecule is NC1(CCc2csnn2)CC1. The Kier molecular flexibility index (Phi) is 1.65. The second-order valence-electron chi connectivity index (χ2n) is 3.26. The van der Waals surface area contributed by atoms with Gasteiger partial charge in [-0.15, -0.1) is 5.10 Å². The van der Waals surface area contributed by atoms with Crippen molar-refractivity contribution >= 4 is 11.5 Å². The van der Waals surface area contributed by atoms with Crippen LogP contribution in [0.3, 0.4) is 0 Å². The van der Waals surface area contributed by atoms with Gasteiger partial charge in [0.05, 0.1) is 5.69 Å². The van der Waals surface area contributed by atoms with Gasteiger partial charge in [-0.25, -0.2) is 0 Å². The van der Waals surface area contributed by atoms with Crippen molar-refractivity contribution < 1.29 is 0 Å². The Morgan fingerprint density at radius 1 is 1.64 bits per heavy atom. The molecule has 0 radical (unpaired) electrons. The van der Waals surface area contributed by atoms with Crippen LogP contribution in [0.4, 0.5) is 0 Å². The summed E-state index contributed by atoms with van der Waals surface area (Å²) in [5.74, 6) is 0. The minimum absolute atomic E-state index is 0.156. The van der Waals surface area contributed by atoms with Crippen LogP contribution in [0.2, 0.25) is 0 Å². The number of aryl methyl sites for hydroxylation is 1. The van der Waals surface area contributed by atoms with E-state index in [1.165, 1.54) is 24.4 Å². The Morgan fingerprint density at radius 2 is 2.45 bits per heavy atom. The lowest BCUT2D eigenvalue weighted by molar-refractivity contribution is 0.602. The summed E-state index contributed by atoms with van der Waals surface area (Å²) in [6, 6.07) is 0. The fourth-order valence-electron chi connectivity index (χ4n) is 1.08. The first-order valence-corrected chi connectivity index (χ1v) is 4.67. The van der Waals surface area contributed by atoms with E-state index < -0.39 is 0 Å². The van der Waals surface area contributed by atoms with Crippen molar-refractivity contribution in [3.63, 3.8) is 0 Å². The molecule has 0 amide bonds. The molecule has 1 aromatic heterocycles. The highest BCUT2D eigenvalue weighted by Gasteiger charge is 2.37. The van der Waals surface area contributed by atoms with Crippen LogP contribution >= 0.6 is 11.5 Å². The predicted octanol–water partition coefficient (Wildman–Crippen LogP) is 0.962. The lowest BCUT2D eigenvalue weighted by atomic mass is 10.1. The van der Waals surface area contributed by atoms with Gasteiger partial charge >= 0.3 is 0 Å². The van der Waals surface area contributed by atoms with Crippen LogP contribution in [0.5, 0.6) is 0 Å². The molecule has 3 nitrogen and oxygen atoms in total. The van der Waals surface area contributed by atoms with Crippen molar-refractivity contribution in [2.75, 3.05) is 0 Å². The highest BCUT2D eigenvalue weighted by molar-refractivity contribution is 7.03. The molecule has 1 fully saturated rings. The van der Waals surface area contributed by atoms with Gasteiger partial charge in [-0.3, -0.25) is 0 Å². The number of hydrogen-bond acceptors (Lipinski definition) is 4. The van der Waals surface area contributed by atoms with Gasteiger partial charge in [0.15, 0.2) is 0 Å². The van der Waals surface area contributed by atoms with Crippen LogP contribution in [-0.4, -0.2) is 15.1 Å². The van der Waals surface area contributed by atoms with E-state index in [1.807, 2.05) is 5.38 Å². The van der Waals surface area contributed by atoms with E-state index in [4.69, 9.17) is 5.73 Å². The highest BCUT2D eigenvalue weighted by Crippen LogP contribution is 2.36. The van der Waals surface area contributed by atoms with Gasteiger partial charge in [-0.1, -0.05) is 4.49 Å². The van der Waals surface area contributed by atoms with Crippen LogP contribution < -0.4 is 5.73 Å². The molecule has 2 rings (SSSR count). The number of nitrogens with zero attached hydrogens (tertiary/aromatic N) is 2. The molecule has 2 N–H and O–H groups in total. The van der Waals surface area contributed by atoms with Gasteiger partial charge in [-0.05, 0) is 37.2 Å². The monoisotopic (exact) mass is 169 g/mol. The summed E-state index contributed by atoms with van der Waals surface area (Å²) in [6.07, 6.45) is 4.43. The first kappa shape index (κ1) is 7.18. The summed E-state index contributed by atoms with van der Waals surface area (Å²) in [6.45, 7) is 0. The van der Waals surface area contributed by atoms with Crippen molar-refractivity contribution in [1.29, 1.82) is 0 Å². The Morgan fingerprint density at radius 3 is 3.00 bits per heavy atom. The molecule has 0 unspecified atom stereocenters. The van der Waals surface area contributed by atoms with Crippen molar-refractivity contribution in [3.05, 3.63) is 11.1 Å². The maximum absolute atomic E-state index is 5.92. The van der Waals surface area contributed by atoms with E-state index >= 15 is 0 Å². The largest absolute Gasteiger partial charge is 0.325 e. The molecule has 4 heteroatoms. The zero-order valence-electron chi connectivity index (χ0n) is 6.29. The molecule has 0 spiro atoms. The third-order valence-electron chi connectivity index (χ3n) is 2.18. The van der Waals surface area contributed by atoms with Gasteiger partial charge < -0.3 is 5.73 Å². The van der Waals surface area contributed by atoms with Gasteiger partial charge in [-0.2, -0.15) is 0 Å². The molecule has 60 valence electrons. The lowest BCUT2D eigenvalue weighted by Gasteiger charge is -2.04. The summed E-state index contributed by atoms with van der Waals surface area (Å²) < 4.78 is 3.79. The number of hydrogen-bond donors (Lipinski definition) is 1. The summed E-state index contributed by atoms with van der Waals surface area (Å²) in [7, 11) is 0. The Hall–Kier alpha value is -0.480. The summed E-state index contributed by atoms with van der Waals surface area (Å²) in [5, 5.41) is 5.95. The quantitative estimate of drug-likeness (QED) is 0.733. The maximum atomic E-state index is 5.92. The van der Waals surface area contributed by atoms with E-state index in [0.717, 1.165) is 18.5 Å². The maximum Gasteiger partial charge on any atom is 0.0756 e. The molecular weight excluding hydrogens is 158 g/mol. The van der Waals surface area contributed by atoms with Gasteiger partial charge in [0.1, 0.15) is 0 Å². The molecular formula is C7H11N3S. The second kappa shape index (κ2) is 2.53. The minimum atomic E-state index is 0.156. The Labute approximate surface area is 69.8 Å². The van der Waals surface area contributed by atoms with Crippen LogP contribution in [0.15, 0.2) is 5.38 Å². The molecule has 1 aromatic rings. The fourth-order valence-corrected chi connectivity index (χ4v) is 1.57. The summed E-state index contributed by atoms with van der Waals surface area (Å²) >= 11 is 1.41. The lowest BCUT2D eigenvalue weighted by Crippen LogP contribution is -2.22. The molecule has 0 saturated heterocycles.